The number of hydrogen-bond acceptors (Lipinski definition) is 5. The Hall–Kier alpha value is -3.81. The van der Waals surface area contributed by atoms with Gasteiger partial charge in [0.15, 0.2) is 0 Å². The van der Waals surface area contributed by atoms with Gasteiger partial charge in [0, 0.05) is 35.3 Å². The van der Waals surface area contributed by atoms with Crippen LogP contribution in [0, 0.1) is 5.82 Å². The second-order valence-corrected chi connectivity index (χ2v) is 7.46. The van der Waals surface area contributed by atoms with Crippen molar-refractivity contribution in [3.8, 4) is 5.69 Å². The first kappa shape index (κ1) is 20.5. The highest BCUT2D eigenvalue weighted by molar-refractivity contribution is 6.01. The van der Waals surface area contributed by atoms with E-state index in [1.54, 1.807) is 18.2 Å². The van der Waals surface area contributed by atoms with Crippen molar-refractivity contribution in [2.24, 2.45) is 0 Å². The minimum atomic E-state index is -0.486. The topological polar surface area (TPSA) is 79.0 Å². The lowest BCUT2D eigenvalue weighted by molar-refractivity contribution is -0.134. The van der Waals surface area contributed by atoms with Gasteiger partial charge in [-0.1, -0.05) is 13.8 Å². The second kappa shape index (κ2) is 7.79. The number of esters is 1. The van der Waals surface area contributed by atoms with E-state index in [9.17, 15) is 14.0 Å². The summed E-state index contributed by atoms with van der Waals surface area (Å²) in [7, 11) is 1.31. The van der Waals surface area contributed by atoms with E-state index >= 15 is 0 Å². The van der Waals surface area contributed by atoms with Crippen molar-refractivity contribution in [1.82, 2.24) is 19.3 Å². The van der Waals surface area contributed by atoms with Crippen molar-refractivity contribution in [1.29, 1.82) is 0 Å². The minimum absolute atomic E-state index is 0.0453. The molecule has 31 heavy (non-hydrogen) atoms. The zero-order valence-corrected chi connectivity index (χ0v) is 17.6. The number of nitrogens with zero attached hydrogens (tertiary/aromatic N) is 4. The summed E-state index contributed by atoms with van der Waals surface area (Å²) in [6, 6.07) is 7.98. The number of pyridine rings is 1. The third kappa shape index (κ3) is 3.50. The first-order chi connectivity index (χ1) is 14.8. The van der Waals surface area contributed by atoms with Gasteiger partial charge in [-0.25, -0.2) is 14.2 Å². The Morgan fingerprint density at radius 2 is 1.90 bits per heavy atom. The summed E-state index contributed by atoms with van der Waals surface area (Å²) in [5, 5.41) is 4.88. The molecule has 0 unspecified atom stereocenters. The number of fused-ring (bicyclic) bond motifs is 2. The standard InChI is InChI=1S/C23H21FN4O3/c1-13(2)22-17(9-10-21(30)31-4)18-11-20-19(12-25-28(20)14(3)29)26-23(18)27(22)16-7-5-15(24)6-8-16/h5-13H,1-4H3/b10-9+. The Kier molecular flexibility index (Phi) is 5.14. The molecule has 0 amide bonds. The number of carbonyl (C=O) groups is 2. The zero-order chi connectivity index (χ0) is 22.3. The minimum Gasteiger partial charge on any atom is -0.466 e. The van der Waals surface area contributed by atoms with E-state index in [1.807, 2.05) is 24.5 Å². The molecule has 158 valence electrons. The summed E-state index contributed by atoms with van der Waals surface area (Å²) in [5.41, 5.74) is 4.14. The maximum Gasteiger partial charge on any atom is 0.330 e. The monoisotopic (exact) mass is 420 g/mol. The molecule has 4 aromatic rings. The van der Waals surface area contributed by atoms with Crippen LogP contribution in [0.25, 0.3) is 33.8 Å². The quantitative estimate of drug-likeness (QED) is 0.359. The Bertz CT molecular complexity index is 1350. The van der Waals surface area contributed by atoms with E-state index in [0.717, 1.165) is 22.3 Å². The van der Waals surface area contributed by atoms with Crippen LogP contribution >= 0.6 is 0 Å². The molecule has 4 rings (SSSR count). The van der Waals surface area contributed by atoms with Crippen LogP contribution in [-0.4, -0.2) is 38.3 Å². The van der Waals surface area contributed by atoms with Crippen molar-refractivity contribution in [3.05, 3.63) is 59.7 Å². The normalized spacial score (nSPS) is 11.8. The van der Waals surface area contributed by atoms with Gasteiger partial charge in [0.2, 0.25) is 5.91 Å². The van der Waals surface area contributed by atoms with E-state index < -0.39 is 5.97 Å². The van der Waals surface area contributed by atoms with Gasteiger partial charge in [0.05, 0.1) is 18.8 Å². The van der Waals surface area contributed by atoms with Crippen molar-refractivity contribution >= 4 is 40.0 Å². The highest BCUT2D eigenvalue weighted by atomic mass is 19.1. The van der Waals surface area contributed by atoms with Gasteiger partial charge in [-0.2, -0.15) is 9.78 Å². The Balaban J connectivity index is 2.13. The summed E-state index contributed by atoms with van der Waals surface area (Å²) in [6.45, 7) is 5.49. The van der Waals surface area contributed by atoms with Crippen LogP contribution in [0.4, 0.5) is 4.39 Å². The third-order valence-electron chi connectivity index (χ3n) is 5.07. The number of halogens is 1. The lowest BCUT2D eigenvalue weighted by Crippen LogP contribution is -2.06. The Labute approximate surface area is 177 Å². The largest absolute Gasteiger partial charge is 0.466 e. The highest BCUT2D eigenvalue weighted by Gasteiger charge is 2.22. The molecule has 0 atom stereocenters. The summed E-state index contributed by atoms with van der Waals surface area (Å²) in [5.74, 6) is -1.01. The van der Waals surface area contributed by atoms with Crippen molar-refractivity contribution in [2.75, 3.05) is 7.11 Å². The molecule has 0 aliphatic heterocycles. The molecule has 0 radical (unpaired) electrons. The molecule has 7 nitrogen and oxygen atoms in total. The fraction of sp³-hybridized carbons (Fsp3) is 0.217. The van der Waals surface area contributed by atoms with Gasteiger partial charge in [0.1, 0.15) is 17.0 Å². The summed E-state index contributed by atoms with van der Waals surface area (Å²) in [6.07, 6.45) is 4.57. The molecule has 1 aromatic carbocycles. The molecule has 3 aromatic heterocycles. The molecule has 0 aliphatic rings. The smallest absolute Gasteiger partial charge is 0.330 e. The zero-order valence-electron chi connectivity index (χ0n) is 17.6. The SMILES string of the molecule is COC(=O)/C=C/c1c(C(C)C)n(-c2ccc(F)cc2)c2nc3cnn(C(C)=O)c3cc12. The molecule has 3 heterocycles. The fourth-order valence-corrected chi connectivity index (χ4v) is 3.75. The lowest BCUT2D eigenvalue weighted by Gasteiger charge is -2.14. The van der Waals surface area contributed by atoms with Crippen molar-refractivity contribution in [2.45, 2.75) is 26.7 Å². The van der Waals surface area contributed by atoms with Crippen LogP contribution < -0.4 is 0 Å². The molecule has 0 bridgehead atoms. The average Bonchev–Trinajstić information content (AvgIpc) is 3.29. The molecule has 8 heteroatoms. The summed E-state index contributed by atoms with van der Waals surface area (Å²) < 4.78 is 21.6. The number of ether oxygens (including phenoxy) is 1. The molecule has 0 saturated heterocycles. The Morgan fingerprint density at radius 3 is 2.52 bits per heavy atom. The van der Waals surface area contributed by atoms with Gasteiger partial charge >= 0.3 is 5.97 Å². The molecular weight excluding hydrogens is 399 g/mol. The van der Waals surface area contributed by atoms with Crippen molar-refractivity contribution < 1.29 is 18.7 Å². The van der Waals surface area contributed by atoms with Gasteiger partial charge in [-0.05, 0) is 42.3 Å². The average molecular weight is 420 g/mol. The lowest BCUT2D eigenvalue weighted by atomic mass is 10.0. The summed E-state index contributed by atoms with van der Waals surface area (Å²) in [4.78, 5) is 28.6. The molecule has 0 saturated carbocycles. The number of rotatable bonds is 4. The van der Waals surface area contributed by atoms with Crippen LogP contribution in [-0.2, 0) is 9.53 Å². The Morgan fingerprint density at radius 1 is 1.19 bits per heavy atom. The molecule has 0 spiro atoms. The van der Waals surface area contributed by atoms with Gasteiger partial charge in [-0.3, -0.25) is 9.36 Å². The first-order valence-electron chi connectivity index (χ1n) is 9.77. The van der Waals surface area contributed by atoms with Crippen LogP contribution in [0.3, 0.4) is 0 Å². The van der Waals surface area contributed by atoms with Crippen LogP contribution in [0.5, 0.6) is 0 Å². The van der Waals surface area contributed by atoms with Gasteiger partial charge < -0.3 is 4.74 Å². The molecular formula is C23H21FN4O3. The number of carbonyl (C=O) groups excluding carboxylic acids is 2. The maximum absolute atomic E-state index is 13.6. The molecule has 0 N–H and O–H groups in total. The van der Waals surface area contributed by atoms with Crippen LogP contribution in [0.15, 0.2) is 42.6 Å². The predicted molar refractivity (Wildman–Crippen MR) is 116 cm³/mol. The predicted octanol–water partition coefficient (Wildman–Crippen LogP) is 4.48. The van der Waals surface area contributed by atoms with E-state index in [4.69, 9.17) is 9.72 Å². The van der Waals surface area contributed by atoms with Gasteiger partial charge in [-0.15, -0.1) is 0 Å². The highest BCUT2D eigenvalue weighted by Crippen LogP contribution is 2.35. The van der Waals surface area contributed by atoms with Crippen LogP contribution in [0.1, 0.15) is 42.7 Å². The second-order valence-electron chi connectivity index (χ2n) is 7.46. The van der Waals surface area contributed by atoms with E-state index in [1.165, 1.54) is 43.1 Å². The van der Waals surface area contributed by atoms with Crippen LogP contribution in [0.2, 0.25) is 0 Å². The van der Waals surface area contributed by atoms with Gasteiger partial charge in [0.25, 0.3) is 0 Å². The maximum atomic E-state index is 13.6. The van der Waals surface area contributed by atoms with E-state index in [2.05, 4.69) is 5.10 Å². The number of aromatic nitrogens is 4. The van der Waals surface area contributed by atoms with Crippen molar-refractivity contribution in [3.63, 3.8) is 0 Å². The summed E-state index contributed by atoms with van der Waals surface area (Å²) >= 11 is 0. The fourth-order valence-electron chi connectivity index (χ4n) is 3.75. The first-order valence-corrected chi connectivity index (χ1v) is 9.77. The van der Waals surface area contributed by atoms with E-state index in [-0.39, 0.29) is 17.6 Å². The number of hydrogen-bond donors (Lipinski definition) is 0. The number of benzene rings is 1. The number of methoxy groups -OCH3 is 1. The molecule has 0 aliphatic carbocycles. The third-order valence-corrected chi connectivity index (χ3v) is 5.07. The molecule has 0 fully saturated rings. The van der Waals surface area contributed by atoms with E-state index in [0.29, 0.717) is 16.7 Å².